The summed E-state index contributed by atoms with van der Waals surface area (Å²) in [4.78, 5) is 39.0. The van der Waals surface area contributed by atoms with E-state index in [4.69, 9.17) is 4.74 Å². The Kier molecular flexibility index (Phi) is 6.22. The molecule has 0 saturated carbocycles. The molecule has 1 aromatic heterocycles. The van der Waals surface area contributed by atoms with Crippen LogP contribution in [-0.2, 0) is 14.3 Å². The summed E-state index contributed by atoms with van der Waals surface area (Å²) >= 11 is 0. The highest BCUT2D eigenvalue weighted by Gasteiger charge is 2.11. The molecule has 0 fully saturated rings. The highest BCUT2D eigenvalue weighted by atomic mass is 16.5. The zero-order valence-corrected chi connectivity index (χ0v) is 14.0. The van der Waals surface area contributed by atoms with Crippen LogP contribution in [0.25, 0.3) is 0 Å². The Labute approximate surface area is 145 Å². The van der Waals surface area contributed by atoms with Crippen LogP contribution in [-0.4, -0.2) is 35.9 Å². The maximum Gasteiger partial charge on any atom is 0.340 e. The number of pyridine rings is 1. The molecular weight excluding hydrogens is 322 g/mol. The average Bonchev–Trinajstić information content (AvgIpc) is 2.62. The van der Waals surface area contributed by atoms with E-state index in [9.17, 15) is 14.4 Å². The first kappa shape index (κ1) is 18.1. The molecule has 2 aromatic rings. The fourth-order valence-corrected chi connectivity index (χ4v) is 2.01. The van der Waals surface area contributed by atoms with E-state index in [1.807, 2.05) is 26.0 Å². The molecule has 7 heteroatoms. The number of nitrogens with one attached hydrogen (secondary N) is 2. The Morgan fingerprint density at radius 1 is 1.08 bits per heavy atom. The molecule has 130 valence electrons. The molecular formula is C18H19N3O4. The van der Waals surface area contributed by atoms with Gasteiger partial charge in [0.05, 0.1) is 12.1 Å². The summed E-state index contributed by atoms with van der Waals surface area (Å²) in [6.07, 6.45) is 2.87. The molecule has 7 nitrogen and oxygen atoms in total. The lowest BCUT2D eigenvalue weighted by molar-refractivity contribution is -0.126. The monoisotopic (exact) mass is 341 g/mol. The number of esters is 1. The normalized spacial score (nSPS) is 10.0. The molecule has 1 heterocycles. The summed E-state index contributed by atoms with van der Waals surface area (Å²) < 4.78 is 4.85. The van der Waals surface area contributed by atoms with Gasteiger partial charge in [0.2, 0.25) is 5.91 Å². The van der Waals surface area contributed by atoms with Crippen LogP contribution in [0, 0.1) is 13.8 Å². The first-order valence-electron chi connectivity index (χ1n) is 7.67. The molecule has 2 rings (SSSR count). The number of anilines is 1. The predicted molar refractivity (Wildman–Crippen MR) is 92.1 cm³/mol. The zero-order chi connectivity index (χ0) is 18.2. The third-order valence-electron chi connectivity index (χ3n) is 3.56. The van der Waals surface area contributed by atoms with Crippen molar-refractivity contribution in [1.82, 2.24) is 10.3 Å². The predicted octanol–water partition coefficient (Wildman–Crippen LogP) is 1.61. The van der Waals surface area contributed by atoms with Crippen molar-refractivity contribution in [3.8, 4) is 0 Å². The second-order valence-electron chi connectivity index (χ2n) is 5.39. The van der Waals surface area contributed by atoms with Gasteiger partial charge in [0.15, 0.2) is 6.61 Å². The Morgan fingerprint density at radius 2 is 1.88 bits per heavy atom. The lowest BCUT2D eigenvalue weighted by Crippen LogP contribution is -2.35. The second kappa shape index (κ2) is 8.58. The minimum Gasteiger partial charge on any atom is -0.452 e. The van der Waals surface area contributed by atoms with Gasteiger partial charge in [-0.2, -0.15) is 0 Å². The largest absolute Gasteiger partial charge is 0.452 e. The van der Waals surface area contributed by atoms with E-state index >= 15 is 0 Å². The van der Waals surface area contributed by atoms with Crippen molar-refractivity contribution in [3.05, 3.63) is 59.4 Å². The Hall–Kier alpha value is -3.22. The molecule has 0 atom stereocenters. The van der Waals surface area contributed by atoms with Gasteiger partial charge in [-0.3, -0.25) is 14.6 Å². The SMILES string of the molecule is Cc1cccc(NC(=O)CNC(=O)COC(=O)c2cccnc2)c1C. The van der Waals surface area contributed by atoms with Gasteiger partial charge in [-0.1, -0.05) is 12.1 Å². The van der Waals surface area contributed by atoms with Crippen molar-refractivity contribution in [1.29, 1.82) is 0 Å². The molecule has 0 aliphatic rings. The quantitative estimate of drug-likeness (QED) is 0.778. The summed E-state index contributed by atoms with van der Waals surface area (Å²) in [7, 11) is 0. The summed E-state index contributed by atoms with van der Waals surface area (Å²) in [5.41, 5.74) is 2.97. The fraction of sp³-hybridized carbons (Fsp3) is 0.222. The lowest BCUT2D eigenvalue weighted by Gasteiger charge is -2.11. The van der Waals surface area contributed by atoms with E-state index in [0.717, 1.165) is 11.1 Å². The van der Waals surface area contributed by atoms with E-state index in [-0.39, 0.29) is 18.0 Å². The average molecular weight is 341 g/mol. The van der Waals surface area contributed by atoms with Gasteiger partial charge in [-0.05, 0) is 43.2 Å². The third-order valence-corrected chi connectivity index (χ3v) is 3.56. The minimum atomic E-state index is -0.650. The number of aryl methyl sites for hydroxylation is 1. The Bertz CT molecular complexity index is 775. The number of rotatable bonds is 6. The van der Waals surface area contributed by atoms with E-state index in [1.54, 1.807) is 12.1 Å². The Morgan fingerprint density at radius 3 is 2.60 bits per heavy atom. The topological polar surface area (TPSA) is 97.4 Å². The first-order valence-corrected chi connectivity index (χ1v) is 7.67. The first-order chi connectivity index (χ1) is 12.0. The molecule has 0 aliphatic heterocycles. The summed E-state index contributed by atoms with van der Waals surface area (Å²) in [5, 5.41) is 5.13. The maximum absolute atomic E-state index is 11.9. The van der Waals surface area contributed by atoms with Gasteiger partial charge in [-0.15, -0.1) is 0 Å². The summed E-state index contributed by atoms with van der Waals surface area (Å²) in [6, 6.07) is 8.70. The van der Waals surface area contributed by atoms with Gasteiger partial charge in [0.25, 0.3) is 5.91 Å². The number of ether oxygens (including phenoxy) is 1. The zero-order valence-electron chi connectivity index (χ0n) is 14.0. The van der Waals surface area contributed by atoms with Crippen LogP contribution in [0.4, 0.5) is 5.69 Å². The molecule has 0 bridgehead atoms. The summed E-state index contributed by atoms with van der Waals surface area (Å²) in [5.74, 6) is -1.57. The number of benzene rings is 1. The molecule has 0 saturated heterocycles. The number of hydrogen-bond acceptors (Lipinski definition) is 5. The number of carbonyl (C=O) groups excluding carboxylic acids is 3. The fourth-order valence-electron chi connectivity index (χ4n) is 2.01. The molecule has 1 aromatic carbocycles. The molecule has 0 radical (unpaired) electrons. The van der Waals surface area contributed by atoms with Crippen LogP contribution in [0.3, 0.4) is 0 Å². The van der Waals surface area contributed by atoms with E-state index in [1.165, 1.54) is 18.5 Å². The second-order valence-corrected chi connectivity index (χ2v) is 5.39. The van der Waals surface area contributed by atoms with Crippen LogP contribution in [0.2, 0.25) is 0 Å². The minimum absolute atomic E-state index is 0.212. The van der Waals surface area contributed by atoms with Crippen molar-refractivity contribution in [3.63, 3.8) is 0 Å². The van der Waals surface area contributed by atoms with Gasteiger partial charge in [0.1, 0.15) is 0 Å². The van der Waals surface area contributed by atoms with Crippen LogP contribution in [0.5, 0.6) is 0 Å². The van der Waals surface area contributed by atoms with E-state index in [0.29, 0.717) is 5.69 Å². The van der Waals surface area contributed by atoms with Crippen molar-refractivity contribution >= 4 is 23.5 Å². The molecule has 0 spiro atoms. The number of hydrogen-bond donors (Lipinski definition) is 2. The van der Waals surface area contributed by atoms with Gasteiger partial charge in [-0.25, -0.2) is 4.79 Å². The molecule has 2 N–H and O–H groups in total. The van der Waals surface area contributed by atoms with Crippen LogP contribution in [0.1, 0.15) is 21.5 Å². The van der Waals surface area contributed by atoms with Gasteiger partial charge in [0, 0.05) is 18.1 Å². The molecule has 2 amide bonds. The smallest absolute Gasteiger partial charge is 0.340 e. The van der Waals surface area contributed by atoms with Crippen molar-refractivity contribution in [2.75, 3.05) is 18.5 Å². The maximum atomic E-state index is 11.9. The van der Waals surface area contributed by atoms with Crippen LogP contribution in [0.15, 0.2) is 42.7 Å². The van der Waals surface area contributed by atoms with Crippen molar-refractivity contribution < 1.29 is 19.1 Å². The van der Waals surface area contributed by atoms with Crippen molar-refractivity contribution in [2.24, 2.45) is 0 Å². The Balaban J connectivity index is 1.75. The van der Waals surface area contributed by atoms with E-state index in [2.05, 4.69) is 15.6 Å². The number of nitrogens with zero attached hydrogens (tertiary/aromatic N) is 1. The van der Waals surface area contributed by atoms with Gasteiger partial charge >= 0.3 is 5.97 Å². The highest BCUT2D eigenvalue weighted by molar-refractivity contribution is 5.96. The lowest BCUT2D eigenvalue weighted by atomic mass is 10.1. The number of aromatic nitrogens is 1. The van der Waals surface area contributed by atoms with Crippen molar-refractivity contribution in [2.45, 2.75) is 13.8 Å². The summed E-state index contributed by atoms with van der Waals surface area (Å²) in [6.45, 7) is 3.17. The molecule has 0 unspecified atom stereocenters. The number of amides is 2. The van der Waals surface area contributed by atoms with Crippen LogP contribution >= 0.6 is 0 Å². The standard InChI is InChI=1S/C18H19N3O4/c1-12-5-3-7-15(13(12)2)21-16(22)10-20-17(23)11-25-18(24)14-6-4-8-19-9-14/h3-9H,10-11H2,1-2H3,(H,20,23)(H,21,22). The number of carbonyl (C=O) groups is 3. The van der Waals surface area contributed by atoms with E-state index < -0.39 is 18.5 Å². The molecule has 0 aliphatic carbocycles. The van der Waals surface area contributed by atoms with Gasteiger partial charge < -0.3 is 15.4 Å². The third kappa shape index (κ3) is 5.42. The highest BCUT2D eigenvalue weighted by Crippen LogP contribution is 2.17. The molecule has 25 heavy (non-hydrogen) atoms. The van der Waals surface area contributed by atoms with Crippen LogP contribution < -0.4 is 10.6 Å².